The minimum Gasteiger partial charge on any atom is -0.423 e. The number of carbonyl (C=O) groups is 3. The van der Waals surface area contributed by atoms with Gasteiger partial charge >= 0.3 is 5.97 Å². The molecule has 0 bridgehead atoms. The Morgan fingerprint density at radius 1 is 0.837 bits per heavy atom. The molecule has 11 heteroatoms. The lowest BCUT2D eigenvalue weighted by Crippen LogP contribution is -2.32. The zero-order chi connectivity index (χ0) is 30.8. The van der Waals surface area contributed by atoms with E-state index in [1.807, 2.05) is 43.3 Å². The van der Waals surface area contributed by atoms with Gasteiger partial charge in [0.05, 0.1) is 16.7 Å². The summed E-state index contributed by atoms with van der Waals surface area (Å²) in [4.78, 5) is 50.6. The normalized spacial score (nSPS) is 11.1. The van der Waals surface area contributed by atoms with Gasteiger partial charge in [-0.2, -0.15) is 5.10 Å². The first-order chi connectivity index (χ1) is 20.7. The number of nitro benzene ring substituents is 1. The summed E-state index contributed by atoms with van der Waals surface area (Å²) < 4.78 is 5.36. The number of hydrogen-bond acceptors (Lipinski definition) is 8. The highest BCUT2D eigenvalue weighted by atomic mass is 16.6. The topological polar surface area (TPSA) is 143 Å². The summed E-state index contributed by atoms with van der Waals surface area (Å²) in [7, 11) is 3.83. The predicted octanol–water partition coefficient (Wildman–Crippen LogP) is 4.80. The van der Waals surface area contributed by atoms with E-state index in [0.717, 1.165) is 5.69 Å². The van der Waals surface area contributed by atoms with Gasteiger partial charge in [0.2, 0.25) is 0 Å². The number of benzene rings is 4. The Morgan fingerprint density at radius 2 is 1.53 bits per heavy atom. The van der Waals surface area contributed by atoms with Crippen molar-refractivity contribution in [3.8, 4) is 5.75 Å². The molecule has 2 N–H and O–H groups in total. The van der Waals surface area contributed by atoms with E-state index < -0.39 is 22.7 Å². The van der Waals surface area contributed by atoms with Crippen LogP contribution < -0.4 is 20.4 Å². The van der Waals surface area contributed by atoms with E-state index in [2.05, 4.69) is 15.8 Å². The number of rotatable bonds is 10. The van der Waals surface area contributed by atoms with E-state index in [1.54, 1.807) is 54.6 Å². The third-order valence-electron chi connectivity index (χ3n) is 6.01. The minimum absolute atomic E-state index is 0.0191. The molecule has 216 valence electrons. The number of carbonyl (C=O) groups excluding carboxylic acids is 3. The maximum atomic E-state index is 13.1. The molecule has 0 saturated heterocycles. The Kier molecular flexibility index (Phi) is 9.72. The Hall–Kier alpha value is -6.10. The van der Waals surface area contributed by atoms with E-state index in [-0.39, 0.29) is 22.7 Å². The molecular formula is C32H27N5O6. The highest BCUT2D eigenvalue weighted by Crippen LogP contribution is 2.17. The molecule has 0 saturated carbocycles. The zero-order valence-electron chi connectivity index (χ0n) is 23.3. The van der Waals surface area contributed by atoms with Crippen LogP contribution in [0.4, 0.5) is 11.4 Å². The van der Waals surface area contributed by atoms with Gasteiger partial charge in [-0.3, -0.25) is 19.7 Å². The molecule has 11 nitrogen and oxygen atoms in total. The highest BCUT2D eigenvalue weighted by molar-refractivity contribution is 6.05. The smallest absolute Gasteiger partial charge is 0.343 e. The van der Waals surface area contributed by atoms with Crippen LogP contribution in [-0.2, 0) is 4.79 Å². The van der Waals surface area contributed by atoms with Gasteiger partial charge in [0.25, 0.3) is 17.5 Å². The minimum atomic E-state index is -0.695. The lowest BCUT2D eigenvalue weighted by Gasteiger charge is -2.12. The van der Waals surface area contributed by atoms with Crippen molar-refractivity contribution in [2.75, 3.05) is 19.0 Å². The number of hydrazone groups is 1. The lowest BCUT2D eigenvalue weighted by atomic mass is 10.1. The molecule has 0 aliphatic heterocycles. The molecule has 0 fully saturated rings. The molecule has 0 atom stereocenters. The van der Waals surface area contributed by atoms with Gasteiger partial charge in [-0.25, -0.2) is 10.2 Å². The van der Waals surface area contributed by atoms with Crippen LogP contribution in [0, 0.1) is 10.1 Å². The molecule has 4 aromatic carbocycles. The Morgan fingerprint density at radius 3 is 2.19 bits per heavy atom. The monoisotopic (exact) mass is 577 g/mol. The molecule has 43 heavy (non-hydrogen) atoms. The second-order valence-electron chi connectivity index (χ2n) is 9.33. The van der Waals surface area contributed by atoms with Crippen molar-refractivity contribution in [2.24, 2.45) is 5.10 Å². The van der Waals surface area contributed by atoms with E-state index >= 15 is 0 Å². The average molecular weight is 578 g/mol. The molecule has 0 spiro atoms. The number of non-ortho nitro benzene ring substituents is 1. The number of ether oxygens (including phenoxy) is 1. The molecule has 4 rings (SSSR count). The Balaban J connectivity index is 1.46. The summed E-state index contributed by atoms with van der Waals surface area (Å²) >= 11 is 0. The fourth-order valence-corrected chi connectivity index (χ4v) is 3.75. The van der Waals surface area contributed by atoms with Gasteiger partial charge in [0.15, 0.2) is 0 Å². The summed E-state index contributed by atoms with van der Waals surface area (Å²) in [6.07, 6.45) is 2.90. The molecule has 0 aromatic heterocycles. The second kappa shape index (κ2) is 14.0. The largest absolute Gasteiger partial charge is 0.423 e. The van der Waals surface area contributed by atoms with Crippen molar-refractivity contribution in [3.05, 3.63) is 141 Å². The van der Waals surface area contributed by atoms with Crippen LogP contribution in [0.5, 0.6) is 5.75 Å². The van der Waals surface area contributed by atoms with E-state index in [9.17, 15) is 24.5 Å². The summed E-state index contributed by atoms with van der Waals surface area (Å²) in [5, 5.41) is 17.5. The van der Waals surface area contributed by atoms with Crippen molar-refractivity contribution in [2.45, 2.75) is 0 Å². The van der Waals surface area contributed by atoms with Gasteiger partial charge < -0.3 is 15.0 Å². The standard InChI is InChI=1S/C32H27N5O6/c1-36(2)26-15-11-22(12-16-26)20-29(34-30(38)24-8-4-3-5-9-24)31(39)35-33-21-23-7-6-10-28(19-23)43-32(40)25-13-17-27(18-14-25)37(41)42/h3-21H,1-2H3,(H,34,38)(H,35,39)/b29-20+,33-21+. The number of nitrogens with one attached hydrogen (secondary N) is 2. The zero-order valence-corrected chi connectivity index (χ0v) is 23.3. The molecule has 0 aliphatic carbocycles. The molecule has 4 aromatic rings. The van der Waals surface area contributed by atoms with Gasteiger partial charge in [-0.1, -0.05) is 42.5 Å². The van der Waals surface area contributed by atoms with Gasteiger partial charge in [0.1, 0.15) is 11.4 Å². The number of hydrogen-bond donors (Lipinski definition) is 2. The van der Waals surface area contributed by atoms with Gasteiger partial charge in [-0.05, 0) is 65.7 Å². The van der Waals surface area contributed by atoms with Crippen molar-refractivity contribution in [1.82, 2.24) is 10.7 Å². The summed E-state index contributed by atoms with van der Waals surface area (Å²) in [6.45, 7) is 0. The molecule has 2 amide bonds. The van der Waals surface area contributed by atoms with Crippen molar-refractivity contribution < 1.29 is 24.0 Å². The lowest BCUT2D eigenvalue weighted by molar-refractivity contribution is -0.384. The number of amides is 2. The van der Waals surface area contributed by atoms with Crippen LogP contribution in [-0.4, -0.2) is 43.0 Å². The van der Waals surface area contributed by atoms with Crippen LogP contribution in [0.25, 0.3) is 6.08 Å². The number of esters is 1. The quantitative estimate of drug-likeness (QED) is 0.0688. The summed E-state index contributed by atoms with van der Waals surface area (Å²) in [5.74, 6) is -1.60. The van der Waals surface area contributed by atoms with Crippen LogP contribution in [0.3, 0.4) is 0 Å². The van der Waals surface area contributed by atoms with Crippen LogP contribution in [0.2, 0.25) is 0 Å². The molecule has 0 unspecified atom stereocenters. The van der Waals surface area contributed by atoms with Crippen LogP contribution in [0.1, 0.15) is 31.8 Å². The van der Waals surface area contributed by atoms with Crippen LogP contribution in [0.15, 0.2) is 114 Å². The average Bonchev–Trinajstić information content (AvgIpc) is 3.01. The molecule has 0 aliphatic rings. The number of nitrogens with zero attached hydrogens (tertiary/aromatic N) is 3. The third-order valence-corrected chi connectivity index (χ3v) is 6.01. The van der Waals surface area contributed by atoms with Crippen LogP contribution >= 0.6 is 0 Å². The highest BCUT2D eigenvalue weighted by Gasteiger charge is 2.15. The summed E-state index contributed by atoms with van der Waals surface area (Å²) in [5.41, 5.74) is 4.95. The van der Waals surface area contributed by atoms with Crippen molar-refractivity contribution >= 4 is 41.4 Å². The first-order valence-electron chi connectivity index (χ1n) is 13.0. The maximum absolute atomic E-state index is 13.1. The summed E-state index contributed by atoms with van der Waals surface area (Å²) in [6, 6.07) is 27.4. The Labute approximate surface area is 247 Å². The van der Waals surface area contributed by atoms with Gasteiger partial charge in [0, 0.05) is 37.5 Å². The maximum Gasteiger partial charge on any atom is 0.343 e. The number of anilines is 1. The molecule has 0 heterocycles. The van der Waals surface area contributed by atoms with E-state index in [4.69, 9.17) is 4.74 Å². The van der Waals surface area contributed by atoms with Crippen molar-refractivity contribution in [3.63, 3.8) is 0 Å². The fraction of sp³-hybridized carbons (Fsp3) is 0.0625. The van der Waals surface area contributed by atoms with Gasteiger partial charge in [-0.15, -0.1) is 0 Å². The predicted molar refractivity (Wildman–Crippen MR) is 163 cm³/mol. The second-order valence-corrected chi connectivity index (χ2v) is 9.33. The third kappa shape index (κ3) is 8.44. The first-order valence-corrected chi connectivity index (χ1v) is 13.0. The first kappa shape index (κ1) is 29.9. The van der Waals surface area contributed by atoms with Crippen molar-refractivity contribution in [1.29, 1.82) is 0 Å². The fourth-order valence-electron chi connectivity index (χ4n) is 3.75. The SMILES string of the molecule is CN(C)c1ccc(/C=C(/NC(=O)c2ccccc2)C(=O)N/N=C/c2cccc(OC(=O)c3ccc([N+](=O)[O-])cc3)c2)cc1. The Bertz CT molecular complexity index is 1680. The molecule has 0 radical (unpaired) electrons. The molecular weight excluding hydrogens is 550 g/mol. The van der Waals surface area contributed by atoms with E-state index in [0.29, 0.717) is 16.7 Å². The van der Waals surface area contributed by atoms with E-state index in [1.165, 1.54) is 36.5 Å². The number of nitro groups is 1.